The lowest BCUT2D eigenvalue weighted by Crippen LogP contribution is -2.38. The predicted octanol–water partition coefficient (Wildman–Crippen LogP) is 4.24. The van der Waals surface area contributed by atoms with Gasteiger partial charge in [0.25, 0.3) is 5.91 Å². The quantitative estimate of drug-likeness (QED) is 0.813. The summed E-state index contributed by atoms with van der Waals surface area (Å²) in [5.74, 6) is 0.433. The number of rotatable bonds is 3. The molecule has 0 spiro atoms. The van der Waals surface area contributed by atoms with Gasteiger partial charge in [-0.2, -0.15) is 0 Å². The SMILES string of the molecule is CCCC1CCN(C(=O)c2ccc(F)c(Br)c2)CC1. The van der Waals surface area contributed by atoms with E-state index in [-0.39, 0.29) is 11.7 Å². The van der Waals surface area contributed by atoms with Crippen molar-refractivity contribution in [3.8, 4) is 0 Å². The maximum absolute atomic E-state index is 13.2. The number of nitrogens with zero attached hydrogens (tertiary/aromatic N) is 1. The number of halogens is 2. The second-order valence-electron chi connectivity index (χ2n) is 5.15. The minimum absolute atomic E-state index is 0.00986. The Hall–Kier alpha value is -0.900. The van der Waals surface area contributed by atoms with Gasteiger partial charge in [0.05, 0.1) is 4.47 Å². The zero-order chi connectivity index (χ0) is 13.8. The Bertz CT molecular complexity index is 455. The van der Waals surface area contributed by atoms with Crippen molar-refractivity contribution in [2.45, 2.75) is 32.6 Å². The van der Waals surface area contributed by atoms with Crippen LogP contribution in [0.4, 0.5) is 4.39 Å². The van der Waals surface area contributed by atoms with Gasteiger partial charge >= 0.3 is 0 Å². The topological polar surface area (TPSA) is 20.3 Å². The molecule has 1 aliphatic heterocycles. The number of amides is 1. The monoisotopic (exact) mass is 327 g/mol. The van der Waals surface area contributed by atoms with Crippen LogP contribution in [0.5, 0.6) is 0 Å². The van der Waals surface area contributed by atoms with Crippen molar-refractivity contribution in [1.82, 2.24) is 4.90 Å². The fraction of sp³-hybridized carbons (Fsp3) is 0.533. The van der Waals surface area contributed by atoms with Gasteiger partial charge in [-0.3, -0.25) is 4.79 Å². The molecule has 0 atom stereocenters. The Labute approximate surface area is 122 Å². The van der Waals surface area contributed by atoms with Crippen LogP contribution in [0.15, 0.2) is 22.7 Å². The van der Waals surface area contributed by atoms with Crippen LogP contribution in [0.2, 0.25) is 0 Å². The van der Waals surface area contributed by atoms with Crippen LogP contribution in [0.25, 0.3) is 0 Å². The van der Waals surface area contributed by atoms with Crippen molar-refractivity contribution in [2.75, 3.05) is 13.1 Å². The molecule has 4 heteroatoms. The molecule has 0 saturated carbocycles. The third-order valence-corrected chi connectivity index (χ3v) is 4.37. The average molecular weight is 328 g/mol. The molecule has 1 aromatic rings. The van der Waals surface area contributed by atoms with E-state index in [2.05, 4.69) is 22.9 Å². The molecule has 104 valence electrons. The molecular formula is C15H19BrFNO. The van der Waals surface area contributed by atoms with Crippen LogP contribution in [0, 0.1) is 11.7 Å². The molecule has 1 heterocycles. The first-order chi connectivity index (χ1) is 9.11. The highest BCUT2D eigenvalue weighted by atomic mass is 79.9. The van der Waals surface area contributed by atoms with Gasteiger partial charge in [0, 0.05) is 18.7 Å². The molecule has 0 unspecified atom stereocenters. The number of benzene rings is 1. The van der Waals surface area contributed by atoms with E-state index in [0.29, 0.717) is 10.0 Å². The van der Waals surface area contributed by atoms with E-state index in [1.54, 1.807) is 12.1 Å². The molecule has 1 saturated heterocycles. The molecular weight excluding hydrogens is 309 g/mol. The van der Waals surface area contributed by atoms with Crippen molar-refractivity contribution in [1.29, 1.82) is 0 Å². The Kier molecular flexibility index (Phi) is 4.97. The Morgan fingerprint density at radius 2 is 2.11 bits per heavy atom. The van der Waals surface area contributed by atoms with Gasteiger partial charge in [-0.25, -0.2) is 4.39 Å². The van der Waals surface area contributed by atoms with Gasteiger partial charge in [0.2, 0.25) is 0 Å². The molecule has 1 amide bonds. The third kappa shape index (κ3) is 3.56. The summed E-state index contributed by atoms with van der Waals surface area (Å²) in [7, 11) is 0. The van der Waals surface area contributed by atoms with Crippen molar-refractivity contribution >= 4 is 21.8 Å². The summed E-state index contributed by atoms with van der Waals surface area (Å²) in [4.78, 5) is 14.2. The fourth-order valence-electron chi connectivity index (χ4n) is 2.64. The summed E-state index contributed by atoms with van der Waals surface area (Å²) in [6.45, 7) is 3.84. The number of carbonyl (C=O) groups is 1. The molecule has 1 aliphatic rings. The van der Waals surface area contributed by atoms with Gasteiger partial charge in [-0.15, -0.1) is 0 Å². The second kappa shape index (κ2) is 6.51. The summed E-state index contributed by atoms with van der Waals surface area (Å²) >= 11 is 3.12. The predicted molar refractivity (Wildman–Crippen MR) is 77.6 cm³/mol. The fourth-order valence-corrected chi connectivity index (χ4v) is 3.02. The smallest absolute Gasteiger partial charge is 0.253 e. The minimum atomic E-state index is -0.335. The molecule has 0 aliphatic carbocycles. The Morgan fingerprint density at radius 1 is 1.42 bits per heavy atom. The maximum Gasteiger partial charge on any atom is 0.253 e. The molecule has 0 bridgehead atoms. The zero-order valence-corrected chi connectivity index (χ0v) is 12.7. The van der Waals surface area contributed by atoms with Crippen LogP contribution in [0.3, 0.4) is 0 Å². The summed E-state index contributed by atoms with van der Waals surface area (Å²) in [6.07, 6.45) is 4.64. The largest absolute Gasteiger partial charge is 0.339 e. The molecule has 1 fully saturated rings. The van der Waals surface area contributed by atoms with E-state index < -0.39 is 0 Å². The van der Waals surface area contributed by atoms with Gasteiger partial charge in [-0.1, -0.05) is 19.8 Å². The van der Waals surface area contributed by atoms with E-state index in [4.69, 9.17) is 0 Å². The van der Waals surface area contributed by atoms with E-state index in [0.717, 1.165) is 31.8 Å². The van der Waals surface area contributed by atoms with Gasteiger partial charge in [0.15, 0.2) is 0 Å². The van der Waals surface area contributed by atoms with Gasteiger partial charge < -0.3 is 4.90 Å². The Morgan fingerprint density at radius 3 is 2.68 bits per heavy atom. The molecule has 1 aromatic carbocycles. The number of likely N-dealkylation sites (tertiary alicyclic amines) is 1. The lowest BCUT2D eigenvalue weighted by Gasteiger charge is -2.32. The Balaban J connectivity index is 1.99. The van der Waals surface area contributed by atoms with Crippen molar-refractivity contribution in [3.05, 3.63) is 34.1 Å². The molecule has 2 rings (SSSR count). The maximum atomic E-state index is 13.2. The molecule has 0 N–H and O–H groups in total. The van der Waals surface area contributed by atoms with Crippen LogP contribution in [-0.2, 0) is 0 Å². The van der Waals surface area contributed by atoms with Crippen LogP contribution < -0.4 is 0 Å². The first-order valence-corrected chi connectivity index (χ1v) is 7.65. The van der Waals surface area contributed by atoms with Crippen molar-refractivity contribution in [3.63, 3.8) is 0 Å². The molecule has 2 nitrogen and oxygen atoms in total. The lowest BCUT2D eigenvalue weighted by molar-refractivity contribution is 0.0686. The zero-order valence-electron chi connectivity index (χ0n) is 11.2. The minimum Gasteiger partial charge on any atom is -0.339 e. The average Bonchev–Trinajstić information content (AvgIpc) is 2.42. The molecule has 0 radical (unpaired) electrons. The first kappa shape index (κ1) is 14.5. The summed E-state index contributed by atoms with van der Waals surface area (Å²) in [5, 5.41) is 0. The normalized spacial score (nSPS) is 16.7. The third-order valence-electron chi connectivity index (χ3n) is 3.77. The van der Waals surface area contributed by atoms with Gasteiger partial charge in [0.1, 0.15) is 5.82 Å². The van der Waals surface area contributed by atoms with Crippen molar-refractivity contribution in [2.24, 2.45) is 5.92 Å². The summed E-state index contributed by atoms with van der Waals surface area (Å²) < 4.78 is 13.5. The van der Waals surface area contributed by atoms with E-state index in [1.807, 2.05) is 4.90 Å². The van der Waals surface area contributed by atoms with E-state index in [1.165, 1.54) is 18.9 Å². The van der Waals surface area contributed by atoms with E-state index in [9.17, 15) is 9.18 Å². The lowest BCUT2D eigenvalue weighted by atomic mass is 9.92. The van der Waals surface area contributed by atoms with Crippen LogP contribution in [0.1, 0.15) is 43.0 Å². The standard InChI is InChI=1S/C15H19BrFNO/c1-2-3-11-6-8-18(9-7-11)15(19)12-4-5-14(17)13(16)10-12/h4-5,10-11H,2-3,6-9H2,1H3. The number of hydrogen-bond donors (Lipinski definition) is 0. The summed E-state index contributed by atoms with van der Waals surface area (Å²) in [6, 6.07) is 4.46. The number of hydrogen-bond acceptors (Lipinski definition) is 1. The second-order valence-corrected chi connectivity index (χ2v) is 6.01. The van der Waals surface area contributed by atoms with Crippen molar-refractivity contribution < 1.29 is 9.18 Å². The highest BCUT2D eigenvalue weighted by Crippen LogP contribution is 2.24. The first-order valence-electron chi connectivity index (χ1n) is 6.86. The number of carbonyl (C=O) groups excluding carboxylic acids is 1. The molecule has 0 aromatic heterocycles. The number of piperidine rings is 1. The van der Waals surface area contributed by atoms with Crippen LogP contribution in [-0.4, -0.2) is 23.9 Å². The highest BCUT2D eigenvalue weighted by Gasteiger charge is 2.23. The van der Waals surface area contributed by atoms with E-state index >= 15 is 0 Å². The van der Waals surface area contributed by atoms with Gasteiger partial charge in [-0.05, 0) is 52.9 Å². The molecule has 19 heavy (non-hydrogen) atoms. The van der Waals surface area contributed by atoms with Crippen LogP contribution >= 0.6 is 15.9 Å². The highest BCUT2D eigenvalue weighted by molar-refractivity contribution is 9.10. The summed E-state index contributed by atoms with van der Waals surface area (Å²) in [5.41, 5.74) is 0.558.